The van der Waals surface area contributed by atoms with Gasteiger partial charge in [0, 0.05) is 30.2 Å². The highest BCUT2D eigenvalue weighted by atomic mass is 16.5. The molecule has 0 bridgehead atoms. The van der Waals surface area contributed by atoms with Crippen molar-refractivity contribution in [1.82, 2.24) is 0 Å². The van der Waals surface area contributed by atoms with Crippen molar-refractivity contribution in [3.8, 4) is 5.75 Å². The number of para-hydroxylation sites is 1. The van der Waals surface area contributed by atoms with Crippen LogP contribution in [-0.2, 0) is 16.8 Å². The van der Waals surface area contributed by atoms with E-state index in [2.05, 4.69) is 0 Å². The van der Waals surface area contributed by atoms with Crippen LogP contribution in [0.25, 0.3) is 0 Å². The Morgan fingerprint density at radius 2 is 2.06 bits per heavy atom. The first kappa shape index (κ1) is 12.4. The molecule has 1 aliphatic rings. The van der Waals surface area contributed by atoms with Gasteiger partial charge in [0.25, 0.3) is 0 Å². The van der Waals surface area contributed by atoms with Crippen molar-refractivity contribution in [2.45, 2.75) is 37.7 Å². The third-order valence-electron chi connectivity index (χ3n) is 3.94. The number of hydrogen-bond donors (Lipinski definition) is 2. The lowest BCUT2D eigenvalue weighted by Crippen LogP contribution is -2.32. The first-order valence-electron chi connectivity index (χ1n) is 6.24. The molecule has 1 aromatic carbocycles. The molecule has 0 atom stereocenters. The second-order valence-electron chi connectivity index (χ2n) is 4.94. The standard InChI is InChI=1S/C14H21NO2/c1-17-9-11-5-4-6-12(13(11)16)14(10-15)7-2-3-8-14/h4-6,16H,2-3,7-10,15H2,1H3. The second-order valence-corrected chi connectivity index (χ2v) is 4.94. The minimum atomic E-state index is -0.0200. The number of methoxy groups -OCH3 is 1. The maximum absolute atomic E-state index is 10.3. The summed E-state index contributed by atoms with van der Waals surface area (Å²) in [4.78, 5) is 0. The van der Waals surface area contributed by atoms with Gasteiger partial charge in [0.2, 0.25) is 0 Å². The molecule has 1 aromatic rings. The molecule has 94 valence electrons. The van der Waals surface area contributed by atoms with Crippen molar-refractivity contribution in [1.29, 1.82) is 0 Å². The average Bonchev–Trinajstić information content (AvgIpc) is 2.82. The number of nitrogens with two attached hydrogens (primary N) is 1. The van der Waals surface area contributed by atoms with E-state index in [1.54, 1.807) is 7.11 Å². The van der Waals surface area contributed by atoms with Gasteiger partial charge in [0.15, 0.2) is 0 Å². The molecule has 3 N–H and O–H groups in total. The Morgan fingerprint density at radius 3 is 2.65 bits per heavy atom. The number of phenolic OH excluding ortho intramolecular Hbond substituents is 1. The minimum Gasteiger partial charge on any atom is -0.507 e. The van der Waals surface area contributed by atoms with Crippen molar-refractivity contribution in [3.63, 3.8) is 0 Å². The topological polar surface area (TPSA) is 55.5 Å². The van der Waals surface area contributed by atoms with Crippen LogP contribution < -0.4 is 5.73 Å². The first-order chi connectivity index (χ1) is 8.23. The number of hydrogen-bond acceptors (Lipinski definition) is 3. The van der Waals surface area contributed by atoms with Crippen LogP contribution in [-0.4, -0.2) is 18.8 Å². The second kappa shape index (κ2) is 5.07. The van der Waals surface area contributed by atoms with E-state index in [-0.39, 0.29) is 5.41 Å². The van der Waals surface area contributed by atoms with E-state index in [0.29, 0.717) is 18.9 Å². The van der Waals surface area contributed by atoms with Gasteiger partial charge in [-0.1, -0.05) is 31.0 Å². The van der Waals surface area contributed by atoms with Gasteiger partial charge in [0.1, 0.15) is 5.75 Å². The molecule has 1 saturated carbocycles. The molecule has 2 rings (SSSR count). The Bertz CT molecular complexity index is 384. The number of benzene rings is 1. The molecular formula is C14H21NO2. The zero-order valence-corrected chi connectivity index (χ0v) is 10.4. The summed E-state index contributed by atoms with van der Waals surface area (Å²) in [5, 5.41) is 10.3. The number of phenols is 1. The summed E-state index contributed by atoms with van der Waals surface area (Å²) in [6.45, 7) is 1.05. The Hall–Kier alpha value is -1.06. The lowest BCUT2D eigenvalue weighted by molar-refractivity contribution is 0.181. The molecule has 0 heterocycles. The Labute approximate surface area is 103 Å². The average molecular weight is 235 g/mol. The summed E-state index contributed by atoms with van der Waals surface area (Å²) in [6, 6.07) is 5.90. The largest absolute Gasteiger partial charge is 0.507 e. The third kappa shape index (κ3) is 2.17. The van der Waals surface area contributed by atoms with Crippen LogP contribution >= 0.6 is 0 Å². The third-order valence-corrected chi connectivity index (χ3v) is 3.94. The summed E-state index contributed by atoms with van der Waals surface area (Å²) < 4.78 is 5.10. The van der Waals surface area contributed by atoms with Crippen molar-refractivity contribution in [2.24, 2.45) is 5.73 Å². The fourth-order valence-electron chi connectivity index (χ4n) is 2.93. The molecule has 3 nitrogen and oxygen atoms in total. The van der Waals surface area contributed by atoms with Crippen LogP contribution in [0.4, 0.5) is 0 Å². The predicted octanol–water partition coefficient (Wildman–Crippen LogP) is 2.31. The van der Waals surface area contributed by atoms with Crippen molar-refractivity contribution >= 4 is 0 Å². The molecule has 1 fully saturated rings. The van der Waals surface area contributed by atoms with Gasteiger partial charge in [0.05, 0.1) is 6.61 Å². The molecule has 3 heteroatoms. The maximum atomic E-state index is 10.3. The van der Waals surface area contributed by atoms with Crippen LogP contribution in [0.5, 0.6) is 5.75 Å². The van der Waals surface area contributed by atoms with E-state index in [9.17, 15) is 5.11 Å². The van der Waals surface area contributed by atoms with Crippen molar-refractivity contribution in [3.05, 3.63) is 29.3 Å². The Kier molecular flexibility index (Phi) is 3.69. The zero-order valence-electron chi connectivity index (χ0n) is 10.4. The summed E-state index contributed by atoms with van der Waals surface area (Å²) in [5.74, 6) is 0.377. The highest BCUT2D eigenvalue weighted by molar-refractivity contribution is 5.45. The maximum Gasteiger partial charge on any atom is 0.124 e. The lowest BCUT2D eigenvalue weighted by Gasteiger charge is -2.29. The van der Waals surface area contributed by atoms with Gasteiger partial charge in [-0.3, -0.25) is 0 Å². The van der Waals surface area contributed by atoms with E-state index < -0.39 is 0 Å². The zero-order chi connectivity index (χ0) is 12.3. The summed E-state index contributed by atoms with van der Waals surface area (Å²) in [6.07, 6.45) is 4.55. The molecule has 17 heavy (non-hydrogen) atoms. The van der Waals surface area contributed by atoms with Crippen LogP contribution in [0.3, 0.4) is 0 Å². The summed E-state index contributed by atoms with van der Waals surface area (Å²) in [5.41, 5.74) is 7.79. The number of ether oxygens (including phenoxy) is 1. The van der Waals surface area contributed by atoms with Crippen molar-refractivity contribution < 1.29 is 9.84 Å². The molecule has 0 aliphatic heterocycles. The molecule has 0 radical (unpaired) electrons. The predicted molar refractivity (Wildman–Crippen MR) is 68.0 cm³/mol. The molecule has 0 spiro atoms. The van der Waals surface area contributed by atoms with Crippen molar-refractivity contribution in [2.75, 3.05) is 13.7 Å². The van der Waals surface area contributed by atoms with Gasteiger partial charge >= 0.3 is 0 Å². The lowest BCUT2D eigenvalue weighted by atomic mass is 9.78. The quantitative estimate of drug-likeness (QED) is 0.842. The van der Waals surface area contributed by atoms with Crippen LogP contribution in [0.15, 0.2) is 18.2 Å². The summed E-state index contributed by atoms with van der Waals surface area (Å²) >= 11 is 0. The number of aromatic hydroxyl groups is 1. The fraction of sp³-hybridized carbons (Fsp3) is 0.571. The molecule has 0 amide bonds. The minimum absolute atomic E-state index is 0.0200. The fourth-order valence-corrected chi connectivity index (χ4v) is 2.93. The summed E-state index contributed by atoms with van der Waals surface area (Å²) in [7, 11) is 1.64. The van der Waals surface area contributed by atoms with Crippen LogP contribution in [0, 0.1) is 0 Å². The van der Waals surface area contributed by atoms with Gasteiger partial charge in [-0.2, -0.15) is 0 Å². The van der Waals surface area contributed by atoms with Gasteiger partial charge < -0.3 is 15.6 Å². The van der Waals surface area contributed by atoms with E-state index in [1.165, 1.54) is 12.8 Å². The molecule has 0 saturated heterocycles. The highest BCUT2D eigenvalue weighted by Gasteiger charge is 2.36. The van der Waals surface area contributed by atoms with Gasteiger partial charge in [-0.25, -0.2) is 0 Å². The van der Waals surface area contributed by atoms with Crippen LogP contribution in [0.2, 0.25) is 0 Å². The molecule has 1 aliphatic carbocycles. The normalized spacial score (nSPS) is 18.5. The SMILES string of the molecule is COCc1cccc(C2(CN)CCCC2)c1O. The van der Waals surface area contributed by atoms with Gasteiger partial charge in [-0.05, 0) is 12.8 Å². The highest BCUT2D eigenvalue weighted by Crippen LogP contribution is 2.44. The Balaban J connectivity index is 2.40. The van der Waals surface area contributed by atoms with Gasteiger partial charge in [-0.15, -0.1) is 0 Å². The van der Waals surface area contributed by atoms with Crippen LogP contribution in [0.1, 0.15) is 36.8 Å². The molecular weight excluding hydrogens is 214 g/mol. The van der Waals surface area contributed by atoms with E-state index in [1.807, 2.05) is 18.2 Å². The molecule has 0 unspecified atom stereocenters. The Morgan fingerprint density at radius 1 is 1.35 bits per heavy atom. The number of rotatable bonds is 4. The first-order valence-corrected chi connectivity index (χ1v) is 6.24. The smallest absolute Gasteiger partial charge is 0.124 e. The van der Waals surface area contributed by atoms with E-state index in [4.69, 9.17) is 10.5 Å². The van der Waals surface area contributed by atoms with E-state index >= 15 is 0 Å². The van der Waals surface area contributed by atoms with E-state index in [0.717, 1.165) is 24.0 Å². The molecule has 0 aromatic heterocycles. The monoisotopic (exact) mass is 235 g/mol.